The first-order chi connectivity index (χ1) is 7.43. The maximum Gasteiger partial charge on any atom is 0.0822 e. The summed E-state index contributed by atoms with van der Waals surface area (Å²) in [5.74, 6) is 0.970. The summed E-state index contributed by atoms with van der Waals surface area (Å²) < 4.78 is 0. The lowest BCUT2D eigenvalue weighted by Gasteiger charge is -2.20. The van der Waals surface area contributed by atoms with E-state index in [4.69, 9.17) is 9.78 Å². The molecule has 0 atom stereocenters. The smallest absolute Gasteiger partial charge is 0.0822 e. The third-order valence-corrected chi connectivity index (χ3v) is 3.23. The van der Waals surface area contributed by atoms with Crippen molar-refractivity contribution in [2.45, 2.75) is 64.7 Å². The Kier molecular flexibility index (Phi) is 7.94. The van der Waals surface area contributed by atoms with Crippen LogP contribution >= 0.6 is 0 Å². The summed E-state index contributed by atoms with van der Waals surface area (Å²) in [4.78, 5) is 10.2. The minimum Gasteiger partial charge on any atom is -0.237 e. The average Bonchev–Trinajstić information content (AvgIpc) is 2.29. The second-order valence-corrected chi connectivity index (χ2v) is 4.64. The van der Waals surface area contributed by atoms with E-state index in [-0.39, 0.29) is 0 Å². The van der Waals surface area contributed by atoms with Gasteiger partial charge in [-0.1, -0.05) is 45.4 Å². The van der Waals surface area contributed by atoms with Gasteiger partial charge < -0.3 is 0 Å². The van der Waals surface area contributed by atoms with E-state index in [1.54, 1.807) is 0 Å². The highest BCUT2D eigenvalue weighted by Crippen LogP contribution is 2.27. The van der Waals surface area contributed by atoms with Crippen LogP contribution in [0.25, 0.3) is 0 Å². The quantitative estimate of drug-likeness (QED) is 0.344. The van der Waals surface area contributed by atoms with Crippen LogP contribution in [0.2, 0.25) is 0 Å². The molecule has 1 rings (SSSR count). The lowest BCUT2D eigenvalue weighted by atomic mass is 9.86. The molecule has 0 aromatic rings. The fourth-order valence-electron chi connectivity index (χ4n) is 2.23. The van der Waals surface area contributed by atoms with Gasteiger partial charge in [-0.3, -0.25) is 0 Å². The third-order valence-electron chi connectivity index (χ3n) is 3.23. The lowest BCUT2D eigenvalue weighted by Crippen LogP contribution is -2.07. The van der Waals surface area contributed by atoms with Gasteiger partial charge in [-0.05, 0) is 25.2 Å². The van der Waals surface area contributed by atoms with E-state index in [0.717, 1.165) is 32.0 Å². The van der Waals surface area contributed by atoms with Gasteiger partial charge in [-0.2, -0.15) is 0 Å². The van der Waals surface area contributed by atoms with Crippen LogP contribution in [0, 0.1) is 5.92 Å². The van der Waals surface area contributed by atoms with Gasteiger partial charge in [-0.15, -0.1) is 0 Å². The molecular weight excluding hydrogens is 188 g/mol. The first kappa shape index (κ1) is 13.0. The molecule has 1 fully saturated rings. The zero-order valence-electron chi connectivity index (χ0n) is 10.2. The van der Waals surface area contributed by atoms with Crippen molar-refractivity contribution in [2.24, 2.45) is 5.92 Å². The third kappa shape index (κ3) is 6.91. The summed E-state index contributed by atoms with van der Waals surface area (Å²) in [5, 5.41) is 0. The van der Waals surface area contributed by atoms with Crippen molar-refractivity contribution in [1.82, 2.24) is 0 Å². The van der Waals surface area contributed by atoms with Crippen molar-refractivity contribution in [2.75, 3.05) is 13.2 Å². The van der Waals surface area contributed by atoms with E-state index in [1.807, 2.05) is 0 Å². The maximum atomic E-state index is 5.13. The van der Waals surface area contributed by atoms with Gasteiger partial charge >= 0.3 is 0 Å². The monoisotopic (exact) mass is 214 g/mol. The molecule has 0 bridgehead atoms. The molecule has 0 radical (unpaired) electrons. The Morgan fingerprint density at radius 1 is 0.933 bits per heavy atom. The fraction of sp³-hybridized carbons (Fsp3) is 1.00. The molecule has 1 aliphatic rings. The highest BCUT2D eigenvalue weighted by Gasteiger charge is 2.12. The molecule has 0 N–H and O–H groups in total. The van der Waals surface area contributed by atoms with Gasteiger partial charge in [0.2, 0.25) is 0 Å². The molecule has 15 heavy (non-hydrogen) atoms. The Balaban J connectivity index is 1.79. The standard InChI is InChI=1S/C13H26O2/c1-2-3-11-14-15-12-7-10-13-8-5-4-6-9-13/h13H,2-12H2,1H3. The van der Waals surface area contributed by atoms with E-state index in [1.165, 1.54) is 44.9 Å². The first-order valence-electron chi connectivity index (χ1n) is 6.68. The zero-order valence-corrected chi connectivity index (χ0v) is 10.2. The van der Waals surface area contributed by atoms with Crippen LogP contribution in [-0.4, -0.2) is 13.2 Å². The van der Waals surface area contributed by atoms with Crippen molar-refractivity contribution in [1.29, 1.82) is 0 Å². The van der Waals surface area contributed by atoms with E-state index < -0.39 is 0 Å². The summed E-state index contributed by atoms with van der Waals surface area (Å²) in [5.41, 5.74) is 0. The number of rotatable bonds is 8. The van der Waals surface area contributed by atoms with Gasteiger partial charge in [0, 0.05) is 0 Å². The largest absolute Gasteiger partial charge is 0.237 e. The number of unbranched alkanes of at least 4 members (excludes halogenated alkanes) is 1. The fourth-order valence-corrected chi connectivity index (χ4v) is 2.23. The average molecular weight is 214 g/mol. The van der Waals surface area contributed by atoms with Gasteiger partial charge in [0.15, 0.2) is 0 Å². The van der Waals surface area contributed by atoms with Crippen LogP contribution in [0.5, 0.6) is 0 Å². The number of hydrogen-bond donors (Lipinski definition) is 0. The van der Waals surface area contributed by atoms with Crippen LogP contribution in [0.15, 0.2) is 0 Å². The number of hydrogen-bond acceptors (Lipinski definition) is 2. The molecule has 0 unspecified atom stereocenters. The molecule has 0 amide bonds. The van der Waals surface area contributed by atoms with Crippen LogP contribution in [0.4, 0.5) is 0 Å². The molecule has 2 nitrogen and oxygen atoms in total. The molecule has 0 saturated heterocycles. The van der Waals surface area contributed by atoms with Crippen molar-refractivity contribution in [3.05, 3.63) is 0 Å². The maximum absolute atomic E-state index is 5.13. The first-order valence-corrected chi connectivity index (χ1v) is 6.68. The normalized spacial score (nSPS) is 18.2. The Morgan fingerprint density at radius 2 is 1.60 bits per heavy atom. The van der Waals surface area contributed by atoms with Crippen LogP contribution in [0.3, 0.4) is 0 Å². The summed E-state index contributed by atoms with van der Waals surface area (Å²) >= 11 is 0. The summed E-state index contributed by atoms with van der Waals surface area (Å²) in [6, 6.07) is 0. The predicted molar refractivity (Wildman–Crippen MR) is 62.6 cm³/mol. The van der Waals surface area contributed by atoms with Crippen molar-refractivity contribution in [3.8, 4) is 0 Å². The van der Waals surface area contributed by atoms with E-state index in [9.17, 15) is 0 Å². The zero-order chi connectivity index (χ0) is 10.8. The Morgan fingerprint density at radius 3 is 2.27 bits per heavy atom. The molecule has 1 aliphatic carbocycles. The second kappa shape index (κ2) is 9.17. The van der Waals surface area contributed by atoms with Gasteiger partial charge in [0.1, 0.15) is 0 Å². The molecule has 2 heteroatoms. The second-order valence-electron chi connectivity index (χ2n) is 4.64. The molecule has 0 aromatic carbocycles. The SMILES string of the molecule is CCCCOOCCCC1CCCCC1. The molecule has 90 valence electrons. The van der Waals surface area contributed by atoms with E-state index in [0.29, 0.717) is 0 Å². The Bertz CT molecular complexity index is 130. The highest BCUT2D eigenvalue weighted by atomic mass is 17.2. The van der Waals surface area contributed by atoms with Crippen molar-refractivity contribution in [3.63, 3.8) is 0 Å². The van der Waals surface area contributed by atoms with Crippen LogP contribution in [-0.2, 0) is 9.78 Å². The van der Waals surface area contributed by atoms with E-state index >= 15 is 0 Å². The predicted octanol–water partition coefficient (Wildman–Crippen LogP) is 4.10. The minimum absolute atomic E-state index is 0.750. The molecular formula is C13H26O2. The van der Waals surface area contributed by atoms with E-state index in [2.05, 4.69) is 6.92 Å². The van der Waals surface area contributed by atoms with Crippen LogP contribution in [0.1, 0.15) is 64.7 Å². The van der Waals surface area contributed by atoms with Gasteiger partial charge in [0.05, 0.1) is 13.2 Å². The molecule has 0 aliphatic heterocycles. The van der Waals surface area contributed by atoms with Gasteiger partial charge in [-0.25, -0.2) is 9.78 Å². The minimum atomic E-state index is 0.750. The summed E-state index contributed by atoms with van der Waals surface area (Å²) in [6.07, 6.45) is 12.0. The molecule has 1 saturated carbocycles. The van der Waals surface area contributed by atoms with Crippen molar-refractivity contribution >= 4 is 0 Å². The highest BCUT2D eigenvalue weighted by molar-refractivity contribution is 4.65. The lowest BCUT2D eigenvalue weighted by molar-refractivity contribution is -0.295. The van der Waals surface area contributed by atoms with Gasteiger partial charge in [0.25, 0.3) is 0 Å². The molecule has 0 aromatic heterocycles. The summed E-state index contributed by atoms with van der Waals surface area (Å²) in [6.45, 7) is 3.69. The summed E-state index contributed by atoms with van der Waals surface area (Å²) in [7, 11) is 0. The Labute approximate surface area is 94.3 Å². The topological polar surface area (TPSA) is 18.5 Å². The van der Waals surface area contributed by atoms with Crippen LogP contribution < -0.4 is 0 Å². The molecule has 0 heterocycles. The Hall–Kier alpha value is -0.0800. The molecule has 0 spiro atoms. The van der Waals surface area contributed by atoms with Crippen molar-refractivity contribution < 1.29 is 9.78 Å².